The Bertz CT molecular complexity index is 1880. The maximum absolute atomic E-state index is 16.8. The van der Waals surface area contributed by atoms with Gasteiger partial charge in [0.25, 0.3) is 0 Å². The fourth-order valence-corrected chi connectivity index (χ4v) is 8.09. The molecule has 3 aliphatic heterocycles. The molecule has 14 heteroatoms. The summed E-state index contributed by atoms with van der Waals surface area (Å²) in [5.74, 6) is -1.17. The number of fused-ring (bicyclic) bond motifs is 3. The van der Waals surface area contributed by atoms with E-state index in [1.165, 1.54) is 18.2 Å². The number of halogens is 4. The van der Waals surface area contributed by atoms with Crippen LogP contribution in [0.4, 0.5) is 24.0 Å². The van der Waals surface area contributed by atoms with Crippen LogP contribution in [0.2, 0.25) is 5.02 Å². The first-order valence-electron chi connectivity index (χ1n) is 14.3. The molecule has 2 aromatic carbocycles. The number of nitrogens with one attached hydrogen (secondary N) is 1. The van der Waals surface area contributed by atoms with Crippen molar-refractivity contribution in [3.05, 3.63) is 40.4 Å². The summed E-state index contributed by atoms with van der Waals surface area (Å²) in [5, 5.41) is 13.2. The number of nitrogens with zero attached hydrogens (tertiary/aromatic N) is 5. The zero-order valence-electron chi connectivity index (χ0n) is 23.4. The largest absolute Gasteiger partial charge is 0.461 e. The molecule has 0 bridgehead atoms. The summed E-state index contributed by atoms with van der Waals surface area (Å²) in [4.78, 5) is 25.2. The van der Waals surface area contributed by atoms with Crippen molar-refractivity contribution < 1.29 is 22.7 Å². The van der Waals surface area contributed by atoms with Crippen molar-refractivity contribution in [3.63, 3.8) is 0 Å². The number of nitriles is 1. The highest BCUT2D eigenvalue weighted by molar-refractivity contribution is 7.23. The smallest absolute Gasteiger partial charge is 0.319 e. The van der Waals surface area contributed by atoms with Crippen molar-refractivity contribution in [1.29, 1.82) is 5.26 Å². The predicted octanol–water partition coefficient (Wildman–Crippen LogP) is 5.18. The van der Waals surface area contributed by atoms with Gasteiger partial charge in [0.15, 0.2) is 5.82 Å². The molecule has 7 rings (SSSR count). The average molecular weight is 642 g/mol. The molecule has 9 nitrogen and oxygen atoms in total. The molecule has 3 N–H and O–H groups in total. The van der Waals surface area contributed by atoms with Crippen molar-refractivity contribution in [2.45, 2.75) is 37.4 Å². The van der Waals surface area contributed by atoms with Crippen LogP contribution in [0.3, 0.4) is 0 Å². The molecule has 4 aromatic rings. The van der Waals surface area contributed by atoms with Crippen LogP contribution >= 0.6 is 22.9 Å². The van der Waals surface area contributed by atoms with E-state index in [-0.39, 0.29) is 67.3 Å². The second-order valence-corrected chi connectivity index (χ2v) is 12.9. The third kappa shape index (κ3) is 4.67. The standard InChI is InChI=1S/C30H27ClF3N7O2S/c31-19-10-17-25(24(34)23(19)16-2-3-20(33)26-22(16)18(12-35)27(36)44-26)38-29(39-28(17)40-8-4-21(42)37-6-9-40)43-14-30-5-1-7-41(30)13-15(32)11-30/h2-3,10,15H,1,4-9,11,13-14,36H2,(H,37,42)/t15-,30+/m1/s1. The molecule has 0 saturated carbocycles. The van der Waals surface area contributed by atoms with Crippen molar-refractivity contribution >= 4 is 60.7 Å². The van der Waals surface area contributed by atoms with Gasteiger partial charge in [0.2, 0.25) is 5.91 Å². The van der Waals surface area contributed by atoms with E-state index in [0.29, 0.717) is 43.8 Å². The number of alkyl halides is 1. The Labute approximate surface area is 259 Å². The van der Waals surface area contributed by atoms with Crippen molar-refractivity contribution in [2.75, 3.05) is 50.0 Å². The van der Waals surface area contributed by atoms with Crippen LogP contribution < -0.4 is 20.7 Å². The number of nitrogen functional groups attached to an aromatic ring is 1. The minimum Gasteiger partial charge on any atom is -0.461 e. The van der Waals surface area contributed by atoms with Crippen LogP contribution in [0.5, 0.6) is 6.01 Å². The lowest BCUT2D eigenvalue weighted by molar-refractivity contribution is -0.120. The number of aromatic nitrogens is 2. The van der Waals surface area contributed by atoms with Gasteiger partial charge in [-0.15, -0.1) is 11.3 Å². The van der Waals surface area contributed by atoms with E-state index in [9.17, 15) is 18.8 Å². The Hall–Kier alpha value is -3.86. The van der Waals surface area contributed by atoms with Crippen LogP contribution in [0.15, 0.2) is 18.2 Å². The van der Waals surface area contributed by atoms with Gasteiger partial charge >= 0.3 is 6.01 Å². The number of anilines is 2. The lowest BCUT2D eigenvalue weighted by Crippen LogP contribution is -2.43. The van der Waals surface area contributed by atoms with Crippen molar-refractivity contribution in [2.24, 2.45) is 0 Å². The fourth-order valence-electron chi connectivity index (χ4n) is 6.85. The van der Waals surface area contributed by atoms with E-state index in [0.717, 1.165) is 30.7 Å². The van der Waals surface area contributed by atoms with Crippen LogP contribution in [0, 0.1) is 23.0 Å². The molecular weight excluding hydrogens is 615 g/mol. The quantitative estimate of drug-likeness (QED) is 0.306. The average Bonchev–Trinajstić information content (AvgIpc) is 3.58. The number of rotatable bonds is 5. The number of hydrogen-bond donors (Lipinski definition) is 2. The van der Waals surface area contributed by atoms with E-state index in [2.05, 4.69) is 20.2 Å². The molecule has 44 heavy (non-hydrogen) atoms. The van der Waals surface area contributed by atoms with E-state index >= 15 is 4.39 Å². The summed E-state index contributed by atoms with van der Waals surface area (Å²) in [6, 6.07) is 6.00. The minimum absolute atomic E-state index is 0.000425. The highest BCUT2D eigenvalue weighted by Crippen LogP contribution is 2.46. The Morgan fingerprint density at radius 2 is 2.11 bits per heavy atom. The Balaban J connectivity index is 1.39. The number of benzene rings is 2. The predicted molar refractivity (Wildman–Crippen MR) is 163 cm³/mol. The number of thiophene rings is 1. The van der Waals surface area contributed by atoms with Gasteiger partial charge in [0.05, 0.1) is 20.8 Å². The van der Waals surface area contributed by atoms with E-state index in [1.54, 1.807) is 0 Å². The summed E-state index contributed by atoms with van der Waals surface area (Å²) in [7, 11) is 0. The van der Waals surface area contributed by atoms with Gasteiger partial charge in [-0.25, -0.2) is 13.2 Å². The first-order valence-corrected chi connectivity index (χ1v) is 15.5. The summed E-state index contributed by atoms with van der Waals surface area (Å²) in [6.45, 7) is 2.34. The summed E-state index contributed by atoms with van der Waals surface area (Å²) in [5.41, 5.74) is 5.61. The van der Waals surface area contributed by atoms with Crippen molar-refractivity contribution in [1.82, 2.24) is 20.2 Å². The first-order chi connectivity index (χ1) is 21.2. The topological polar surface area (TPSA) is 120 Å². The van der Waals surface area contributed by atoms with Gasteiger partial charge in [-0.3, -0.25) is 9.69 Å². The van der Waals surface area contributed by atoms with Crippen LogP contribution in [-0.2, 0) is 4.79 Å². The number of carbonyl (C=O) groups excluding carboxylic acids is 1. The third-order valence-corrected chi connectivity index (χ3v) is 10.2. The molecule has 228 valence electrons. The number of nitrogens with two attached hydrogens (primary N) is 1. The van der Waals surface area contributed by atoms with E-state index in [4.69, 9.17) is 22.1 Å². The fraction of sp³-hybridized carbons (Fsp3) is 0.400. The summed E-state index contributed by atoms with van der Waals surface area (Å²) in [6.07, 6.45) is 1.29. The number of amides is 1. The monoisotopic (exact) mass is 641 g/mol. The Kier molecular flexibility index (Phi) is 7.18. The van der Waals surface area contributed by atoms with Crippen molar-refractivity contribution in [3.8, 4) is 23.2 Å². The van der Waals surface area contributed by atoms with Crippen LogP contribution in [0.1, 0.15) is 31.2 Å². The maximum Gasteiger partial charge on any atom is 0.319 e. The summed E-state index contributed by atoms with van der Waals surface area (Å²) < 4.78 is 52.2. The van der Waals surface area contributed by atoms with Gasteiger partial charge in [-0.05, 0) is 37.1 Å². The van der Waals surface area contributed by atoms with Gasteiger partial charge in [-0.1, -0.05) is 17.7 Å². The Morgan fingerprint density at radius 3 is 2.93 bits per heavy atom. The molecule has 2 aromatic heterocycles. The normalized spacial score (nSPS) is 22.3. The number of hydrogen-bond acceptors (Lipinski definition) is 9. The second-order valence-electron chi connectivity index (χ2n) is 11.5. The molecule has 5 heterocycles. The lowest BCUT2D eigenvalue weighted by atomic mass is 9.95. The molecule has 3 fully saturated rings. The zero-order chi connectivity index (χ0) is 30.7. The molecule has 0 unspecified atom stereocenters. The van der Waals surface area contributed by atoms with E-state index in [1.807, 2.05) is 11.0 Å². The van der Waals surface area contributed by atoms with Crippen LogP contribution in [0.25, 0.3) is 32.1 Å². The first kappa shape index (κ1) is 28.9. The lowest BCUT2D eigenvalue weighted by Gasteiger charge is -2.31. The molecule has 3 saturated heterocycles. The van der Waals surface area contributed by atoms with Gasteiger partial charge in [-0.2, -0.15) is 15.2 Å². The summed E-state index contributed by atoms with van der Waals surface area (Å²) >= 11 is 7.66. The molecule has 3 aliphatic rings. The van der Waals surface area contributed by atoms with Gasteiger partial charge in [0.1, 0.15) is 41.0 Å². The minimum atomic E-state index is -0.951. The van der Waals surface area contributed by atoms with Crippen LogP contribution in [-0.4, -0.2) is 71.8 Å². The Morgan fingerprint density at radius 1 is 1.27 bits per heavy atom. The van der Waals surface area contributed by atoms with Gasteiger partial charge in [0, 0.05) is 55.4 Å². The highest BCUT2D eigenvalue weighted by Gasteiger charge is 2.49. The number of carbonyl (C=O) groups is 1. The molecule has 2 atom stereocenters. The molecule has 0 aliphatic carbocycles. The highest BCUT2D eigenvalue weighted by atomic mass is 35.5. The molecule has 0 spiro atoms. The number of ether oxygens (including phenoxy) is 1. The maximum atomic E-state index is 16.8. The third-order valence-electron chi connectivity index (χ3n) is 8.88. The van der Waals surface area contributed by atoms with Gasteiger partial charge < -0.3 is 20.7 Å². The molecular formula is C30H27ClF3N7O2S. The van der Waals surface area contributed by atoms with E-state index < -0.39 is 23.3 Å². The molecule has 1 amide bonds. The SMILES string of the molecule is N#Cc1c(N)sc2c(F)ccc(-c3c(Cl)cc4c(N5CCNC(=O)CC5)nc(OC[C@@]56CCCN5C[C@H](F)C6)nc4c3F)c12. The zero-order valence-corrected chi connectivity index (χ0v) is 25.0. The molecule has 0 radical (unpaired) electrons. The second kappa shape index (κ2) is 10.9.